The van der Waals surface area contributed by atoms with Gasteiger partial charge in [0.2, 0.25) is 15.9 Å². The predicted octanol–water partition coefficient (Wildman–Crippen LogP) is 1.79. The number of primary sulfonamides is 1. The molecule has 4 N–H and O–H groups in total. The van der Waals surface area contributed by atoms with Crippen LogP contribution in [0.4, 0.5) is 11.4 Å². The summed E-state index contributed by atoms with van der Waals surface area (Å²) in [6.07, 6.45) is 1.80. The molecule has 0 atom stereocenters. The van der Waals surface area contributed by atoms with E-state index >= 15 is 0 Å². The van der Waals surface area contributed by atoms with Crippen LogP contribution in [0, 0.1) is 10.1 Å². The van der Waals surface area contributed by atoms with Crippen LogP contribution in [0.3, 0.4) is 0 Å². The summed E-state index contributed by atoms with van der Waals surface area (Å²) in [7, 11) is -4.04. The fourth-order valence-corrected chi connectivity index (χ4v) is 3.09. The summed E-state index contributed by atoms with van der Waals surface area (Å²) >= 11 is 0. The largest absolute Gasteiger partial charge is 0.379 e. The van der Waals surface area contributed by atoms with Crippen molar-refractivity contribution in [3.05, 3.63) is 64.2 Å². The first-order chi connectivity index (χ1) is 13.3. The number of carbonyl (C=O) groups is 1. The number of sulfonamides is 1. The zero-order valence-electron chi connectivity index (χ0n) is 15.1. The van der Waals surface area contributed by atoms with E-state index in [0.29, 0.717) is 6.54 Å². The second-order valence-corrected chi connectivity index (χ2v) is 7.66. The minimum absolute atomic E-state index is 0.120. The van der Waals surface area contributed by atoms with Crippen molar-refractivity contribution in [2.75, 3.05) is 18.4 Å². The summed E-state index contributed by atoms with van der Waals surface area (Å²) in [5, 5.41) is 21.7. The van der Waals surface area contributed by atoms with Gasteiger partial charge in [-0.15, -0.1) is 0 Å². The Labute approximate surface area is 163 Å². The molecule has 0 bridgehead atoms. The van der Waals surface area contributed by atoms with Crippen LogP contribution >= 0.6 is 0 Å². The average Bonchev–Trinajstić information content (AvgIpc) is 2.65. The first-order valence-corrected chi connectivity index (χ1v) is 10.2. The van der Waals surface area contributed by atoms with Crippen LogP contribution in [-0.4, -0.2) is 32.3 Å². The van der Waals surface area contributed by atoms with E-state index in [1.807, 2.05) is 30.3 Å². The first-order valence-electron chi connectivity index (χ1n) is 8.63. The molecule has 0 saturated carbocycles. The van der Waals surface area contributed by atoms with Gasteiger partial charge in [0.15, 0.2) is 0 Å². The molecule has 0 heterocycles. The van der Waals surface area contributed by atoms with Crippen molar-refractivity contribution in [2.45, 2.75) is 24.2 Å². The molecule has 0 spiro atoms. The van der Waals surface area contributed by atoms with Crippen LogP contribution in [0.2, 0.25) is 0 Å². The van der Waals surface area contributed by atoms with Crippen molar-refractivity contribution in [2.24, 2.45) is 5.14 Å². The SMILES string of the molecule is NS(=O)(=O)c1ccc(NCCC(=O)NCCCc2ccccc2)c([N+](=O)[O-])c1. The number of hydrogen-bond acceptors (Lipinski definition) is 6. The summed E-state index contributed by atoms with van der Waals surface area (Å²) in [5.74, 6) is -0.177. The average molecular weight is 406 g/mol. The maximum Gasteiger partial charge on any atom is 0.293 e. The van der Waals surface area contributed by atoms with E-state index in [-0.39, 0.29) is 29.5 Å². The van der Waals surface area contributed by atoms with E-state index in [9.17, 15) is 23.3 Å². The van der Waals surface area contributed by atoms with Gasteiger partial charge in [-0.25, -0.2) is 13.6 Å². The molecular formula is C18H22N4O5S. The van der Waals surface area contributed by atoms with Gasteiger partial charge in [0.1, 0.15) is 5.69 Å². The molecule has 2 rings (SSSR count). The molecule has 0 aliphatic heterocycles. The minimum atomic E-state index is -4.04. The van der Waals surface area contributed by atoms with Gasteiger partial charge in [0, 0.05) is 25.6 Å². The number of nitro benzene ring substituents is 1. The second-order valence-electron chi connectivity index (χ2n) is 6.10. The lowest BCUT2D eigenvalue weighted by Crippen LogP contribution is -2.26. The smallest absolute Gasteiger partial charge is 0.293 e. The molecule has 28 heavy (non-hydrogen) atoms. The molecule has 0 aliphatic carbocycles. The molecule has 0 aromatic heterocycles. The first kappa shape index (κ1) is 21.3. The highest BCUT2D eigenvalue weighted by atomic mass is 32.2. The third-order valence-corrected chi connectivity index (χ3v) is 4.88. The molecule has 0 fully saturated rings. The van der Waals surface area contributed by atoms with Gasteiger partial charge in [-0.1, -0.05) is 30.3 Å². The molecule has 2 aromatic carbocycles. The molecule has 0 aliphatic rings. The zero-order valence-corrected chi connectivity index (χ0v) is 15.9. The number of nitro groups is 1. The maximum absolute atomic E-state index is 11.9. The van der Waals surface area contributed by atoms with Crippen molar-refractivity contribution < 1.29 is 18.1 Å². The number of nitrogens with two attached hydrogens (primary N) is 1. The van der Waals surface area contributed by atoms with Crippen molar-refractivity contribution >= 4 is 27.3 Å². The standard InChI is InChI=1S/C18H22N4O5S/c19-28(26,27)15-8-9-16(17(13-15)22(24)25)20-12-10-18(23)21-11-4-7-14-5-2-1-3-6-14/h1-3,5-6,8-9,13,20H,4,7,10-12H2,(H,21,23)(H2,19,26,27). The van der Waals surface area contributed by atoms with Gasteiger partial charge in [-0.2, -0.15) is 0 Å². The Bertz CT molecular complexity index is 932. The summed E-state index contributed by atoms with van der Waals surface area (Å²) in [6, 6.07) is 13.3. The van der Waals surface area contributed by atoms with Gasteiger partial charge < -0.3 is 10.6 Å². The molecule has 0 radical (unpaired) electrons. The van der Waals surface area contributed by atoms with Gasteiger partial charge in [-0.3, -0.25) is 14.9 Å². The number of rotatable bonds is 10. The van der Waals surface area contributed by atoms with Crippen LogP contribution in [0.25, 0.3) is 0 Å². The van der Waals surface area contributed by atoms with Gasteiger partial charge >= 0.3 is 0 Å². The fraction of sp³-hybridized carbons (Fsp3) is 0.278. The lowest BCUT2D eigenvalue weighted by Gasteiger charge is -2.09. The van der Waals surface area contributed by atoms with Crippen LogP contribution in [0.1, 0.15) is 18.4 Å². The Hall–Kier alpha value is -2.98. The number of nitrogens with zero attached hydrogens (tertiary/aromatic N) is 1. The minimum Gasteiger partial charge on any atom is -0.379 e. The molecule has 9 nitrogen and oxygen atoms in total. The fourth-order valence-electron chi connectivity index (χ4n) is 2.55. The topological polar surface area (TPSA) is 144 Å². The summed E-state index contributed by atoms with van der Waals surface area (Å²) < 4.78 is 22.6. The van der Waals surface area contributed by atoms with Crippen molar-refractivity contribution in [1.29, 1.82) is 0 Å². The van der Waals surface area contributed by atoms with E-state index in [1.54, 1.807) is 0 Å². The second kappa shape index (κ2) is 9.81. The number of anilines is 1. The number of benzene rings is 2. The summed E-state index contributed by atoms with van der Waals surface area (Å²) in [4.78, 5) is 22.0. The van der Waals surface area contributed by atoms with Gasteiger partial charge in [-0.05, 0) is 30.5 Å². The molecule has 2 aromatic rings. The van der Waals surface area contributed by atoms with Gasteiger partial charge in [0.25, 0.3) is 5.69 Å². The lowest BCUT2D eigenvalue weighted by molar-refractivity contribution is -0.384. The van der Waals surface area contributed by atoms with Crippen molar-refractivity contribution in [3.63, 3.8) is 0 Å². The third kappa shape index (κ3) is 6.63. The van der Waals surface area contributed by atoms with Crippen LogP contribution in [0.5, 0.6) is 0 Å². The van der Waals surface area contributed by atoms with Gasteiger partial charge in [0.05, 0.1) is 9.82 Å². The number of amides is 1. The predicted molar refractivity (Wildman–Crippen MR) is 105 cm³/mol. The molecule has 0 saturated heterocycles. The Morgan fingerprint density at radius 1 is 1.11 bits per heavy atom. The van der Waals surface area contributed by atoms with Crippen LogP contribution in [0.15, 0.2) is 53.4 Å². The molecular weight excluding hydrogens is 384 g/mol. The highest BCUT2D eigenvalue weighted by Crippen LogP contribution is 2.27. The van der Waals surface area contributed by atoms with E-state index in [2.05, 4.69) is 10.6 Å². The lowest BCUT2D eigenvalue weighted by atomic mass is 10.1. The molecule has 150 valence electrons. The number of aryl methyl sites for hydroxylation is 1. The normalized spacial score (nSPS) is 11.0. The summed E-state index contributed by atoms with van der Waals surface area (Å²) in [5.41, 5.74) is 0.901. The molecule has 10 heteroatoms. The highest BCUT2D eigenvalue weighted by molar-refractivity contribution is 7.89. The number of hydrogen-bond donors (Lipinski definition) is 3. The van der Waals surface area contributed by atoms with E-state index < -0.39 is 20.6 Å². The van der Waals surface area contributed by atoms with Crippen LogP contribution in [-0.2, 0) is 21.2 Å². The van der Waals surface area contributed by atoms with E-state index in [4.69, 9.17) is 5.14 Å². The number of nitrogens with one attached hydrogen (secondary N) is 2. The Kier molecular flexibility index (Phi) is 7.47. The van der Waals surface area contributed by atoms with E-state index in [0.717, 1.165) is 18.9 Å². The molecule has 1 amide bonds. The van der Waals surface area contributed by atoms with E-state index in [1.165, 1.54) is 17.7 Å². The monoisotopic (exact) mass is 406 g/mol. The Morgan fingerprint density at radius 3 is 2.46 bits per heavy atom. The Balaban J connectivity index is 1.79. The Morgan fingerprint density at radius 2 is 1.82 bits per heavy atom. The van der Waals surface area contributed by atoms with Crippen molar-refractivity contribution in [3.8, 4) is 0 Å². The quantitative estimate of drug-likeness (QED) is 0.312. The highest BCUT2D eigenvalue weighted by Gasteiger charge is 2.19. The number of carbonyl (C=O) groups excluding carboxylic acids is 1. The third-order valence-electron chi connectivity index (χ3n) is 3.97. The maximum atomic E-state index is 11.9. The van der Waals surface area contributed by atoms with Crippen molar-refractivity contribution in [1.82, 2.24) is 5.32 Å². The molecule has 0 unspecified atom stereocenters. The zero-order chi connectivity index (χ0) is 20.6. The summed E-state index contributed by atoms with van der Waals surface area (Å²) in [6.45, 7) is 0.705. The van der Waals surface area contributed by atoms with Crippen LogP contribution < -0.4 is 15.8 Å².